The number of fused-ring (bicyclic) bond motifs is 1. The molecule has 8 heteroatoms. The van der Waals surface area contributed by atoms with Gasteiger partial charge in [-0.25, -0.2) is 9.37 Å². The molecule has 3 atom stereocenters. The smallest absolute Gasteiger partial charge is 0.259 e. The van der Waals surface area contributed by atoms with Gasteiger partial charge in [-0.3, -0.25) is 9.59 Å². The van der Waals surface area contributed by atoms with E-state index < -0.39 is 12.1 Å². The predicted octanol–water partition coefficient (Wildman–Crippen LogP) is 3.88. The number of benzene rings is 1. The lowest BCUT2D eigenvalue weighted by molar-refractivity contribution is -0.136. The van der Waals surface area contributed by atoms with Gasteiger partial charge in [-0.05, 0) is 44.0 Å². The number of carbonyl (C=O) groups is 2. The molecule has 0 saturated heterocycles. The Bertz CT molecular complexity index is 1220. The number of pyridine rings is 1. The van der Waals surface area contributed by atoms with Gasteiger partial charge >= 0.3 is 0 Å². The molecule has 1 fully saturated rings. The molecule has 4 rings (SSSR count). The van der Waals surface area contributed by atoms with Crippen molar-refractivity contribution in [1.82, 2.24) is 14.8 Å². The van der Waals surface area contributed by atoms with Crippen molar-refractivity contribution in [2.45, 2.75) is 58.1 Å². The molecule has 7 nitrogen and oxygen atoms in total. The maximum Gasteiger partial charge on any atom is 0.259 e. The Morgan fingerprint density at radius 3 is 2.68 bits per heavy atom. The summed E-state index contributed by atoms with van der Waals surface area (Å²) in [6, 6.07) is 7.18. The summed E-state index contributed by atoms with van der Waals surface area (Å²) in [6.45, 7) is 4.31. The summed E-state index contributed by atoms with van der Waals surface area (Å²) < 4.78 is 19.8. The molecule has 1 aliphatic heterocycles. The number of likely N-dealkylation sites (N-methyl/N-ethyl adjacent to an activating group) is 1. The molecular formula is C30H36FN3O4. The van der Waals surface area contributed by atoms with Crippen molar-refractivity contribution in [3.8, 4) is 17.7 Å². The zero-order valence-electron chi connectivity index (χ0n) is 22.3. The van der Waals surface area contributed by atoms with Crippen LogP contribution in [0.25, 0.3) is 0 Å². The predicted molar refractivity (Wildman–Crippen MR) is 142 cm³/mol. The highest BCUT2D eigenvalue weighted by atomic mass is 19.1. The van der Waals surface area contributed by atoms with Crippen molar-refractivity contribution in [1.29, 1.82) is 0 Å². The Hall–Kier alpha value is -3.44. The molecule has 1 N–H and O–H groups in total. The molecule has 2 amide bonds. The molecule has 0 bridgehead atoms. The highest BCUT2D eigenvalue weighted by molar-refractivity contribution is 5.97. The van der Waals surface area contributed by atoms with E-state index in [-0.39, 0.29) is 47.5 Å². The SMILES string of the molecule is C[C@H]1CN([C@@H](C)CO)C(=O)c2cc(C#Cc3cccc(F)c3)cnc2O[C@H]1CN(C)C(=O)C1CCCCC1. The van der Waals surface area contributed by atoms with Crippen LogP contribution >= 0.6 is 0 Å². The summed E-state index contributed by atoms with van der Waals surface area (Å²) in [5, 5.41) is 9.87. The van der Waals surface area contributed by atoms with E-state index in [1.807, 2.05) is 14.0 Å². The molecule has 1 saturated carbocycles. The summed E-state index contributed by atoms with van der Waals surface area (Å²) >= 11 is 0. The number of nitrogens with zero attached hydrogens (tertiary/aromatic N) is 3. The Labute approximate surface area is 224 Å². The number of carbonyl (C=O) groups excluding carboxylic acids is 2. The van der Waals surface area contributed by atoms with Crippen LogP contribution in [-0.4, -0.2) is 70.6 Å². The van der Waals surface area contributed by atoms with Crippen molar-refractivity contribution in [3.63, 3.8) is 0 Å². The van der Waals surface area contributed by atoms with Crippen LogP contribution < -0.4 is 4.74 Å². The van der Waals surface area contributed by atoms with E-state index in [1.54, 1.807) is 34.9 Å². The van der Waals surface area contributed by atoms with E-state index in [0.29, 0.717) is 24.2 Å². The van der Waals surface area contributed by atoms with Gasteiger partial charge in [-0.15, -0.1) is 0 Å². The summed E-state index contributed by atoms with van der Waals surface area (Å²) in [6.07, 6.45) is 6.31. The molecule has 0 radical (unpaired) electrons. The van der Waals surface area contributed by atoms with Crippen LogP contribution in [-0.2, 0) is 4.79 Å². The van der Waals surface area contributed by atoms with Crippen molar-refractivity contribution < 1.29 is 23.8 Å². The van der Waals surface area contributed by atoms with Crippen molar-refractivity contribution in [2.24, 2.45) is 11.8 Å². The summed E-state index contributed by atoms with van der Waals surface area (Å²) in [4.78, 5) is 34.5. The molecule has 202 valence electrons. The standard InChI is InChI=1S/C30H36FN3O4/c1-20-17-34(21(2)19-35)30(37)26-15-23(13-12-22-8-7-11-25(31)14-22)16-32-28(26)38-27(20)18-33(3)29(36)24-9-5-4-6-10-24/h7-8,11,14-16,20-21,24,27,35H,4-6,9-10,17-19H2,1-3H3/t20-,21-,27-/m0/s1. The number of aliphatic hydroxyl groups is 1. The lowest BCUT2D eigenvalue weighted by atomic mass is 9.88. The number of hydrogen-bond acceptors (Lipinski definition) is 5. The number of halogens is 1. The number of amides is 2. The van der Waals surface area contributed by atoms with Crippen LogP contribution in [0.1, 0.15) is 67.4 Å². The normalized spacial score (nSPS) is 20.8. The molecule has 1 aliphatic carbocycles. The fourth-order valence-electron chi connectivity index (χ4n) is 5.12. The first-order valence-electron chi connectivity index (χ1n) is 13.4. The average molecular weight is 522 g/mol. The first kappa shape index (κ1) is 27.6. The minimum absolute atomic E-state index is 0.0507. The zero-order valence-corrected chi connectivity index (χ0v) is 22.3. The van der Waals surface area contributed by atoms with E-state index in [1.165, 1.54) is 24.8 Å². The topological polar surface area (TPSA) is 83.0 Å². The Morgan fingerprint density at radius 1 is 1.24 bits per heavy atom. The third-order valence-corrected chi connectivity index (χ3v) is 7.48. The number of hydrogen-bond donors (Lipinski definition) is 1. The van der Waals surface area contributed by atoms with Gasteiger partial charge in [0.05, 0.1) is 19.2 Å². The van der Waals surface area contributed by atoms with E-state index in [0.717, 1.165) is 25.7 Å². The van der Waals surface area contributed by atoms with Crippen LogP contribution in [0.4, 0.5) is 4.39 Å². The quantitative estimate of drug-likeness (QED) is 0.604. The highest BCUT2D eigenvalue weighted by Crippen LogP contribution is 2.29. The minimum Gasteiger partial charge on any atom is -0.472 e. The fraction of sp³-hybridized carbons (Fsp3) is 0.500. The van der Waals surface area contributed by atoms with Gasteiger partial charge in [0.1, 0.15) is 17.5 Å². The van der Waals surface area contributed by atoms with Crippen LogP contribution in [0.3, 0.4) is 0 Å². The fourth-order valence-corrected chi connectivity index (χ4v) is 5.12. The Kier molecular flexibility index (Phi) is 9.01. The third-order valence-electron chi connectivity index (χ3n) is 7.48. The van der Waals surface area contributed by atoms with E-state index in [2.05, 4.69) is 16.8 Å². The highest BCUT2D eigenvalue weighted by Gasteiger charge is 2.35. The summed E-state index contributed by atoms with van der Waals surface area (Å²) in [5.74, 6) is 5.42. The van der Waals surface area contributed by atoms with Gasteiger partial charge in [0, 0.05) is 42.8 Å². The Morgan fingerprint density at radius 2 is 1.97 bits per heavy atom. The van der Waals surface area contributed by atoms with Crippen LogP contribution in [0.5, 0.6) is 5.88 Å². The van der Waals surface area contributed by atoms with Gasteiger partial charge in [0.15, 0.2) is 0 Å². The van der Waals surface area contributed by atoms with Gasteiger partial charge in [-0.2, -0.15) is 0 Å². The number of aromatic nitrogens is 1. The van der Waals surface area contributed by atoms with Crippen LogP contribution in [0.15, 0.2) is 36.5 Å². The molecule has 38 heavy (non-hydrogen) atoms. The first-order chi connectivity index (χ1) is 18.3. The van der Waals surface area contributed by atoms with Crippen molar-refractivity contribution >= 4 is 11.8 Å². The largest absolute Gasteiger partial charge is 0.472 e. The number of aliphatic hydroxyl groups excluding tert-OH is 1. The second kappa shape index (κ2) is 12.4. The second-order valence-electron chi connectivity index (χ2n) is 10.5. The molecule has 1 aromatic heterocycles. The number of ether oxygens (including phenoxy) is 1. The molecule has 1 aromatic carbocycles. The van der Waals surface area contributed by atoms with E-state index in [4.69, 9.17) is 4.74 Å². The van der Waals surface area contributed by atoms with Gasteiger partial charge in [0.2, 0.25) is 11.8 Å². The third kappa shape index (κ3) is 6.51. The Balaban J connectivity index is 1.62. The molecule has 0 unspecified atom stereocenters. The van der Waals surface area contributed by atoms with E-state index >= 15 is 0 Å². The van der Waals surface area contributed by atoms with Crippen LogP contribution in [0.2, 0.25) is 0 Å². The minimum atomic E-state index is -0.416. The molecule has 0 spiro atoms. The molecular weight excluding hydrogens is 485 g/mol. The van der Waals surface area contributed by atoms with Crippen LogP contribution in [0, 0.1) is 29.5 Å². The summed E-state index contributed by atoms with van der Waals surface area (Å²) in [7, 11) is 1.81. The van der Waals surface area contributed by atoms with Gasteiger partial charge in [0.25, 0.3) is 5.91 Å². The molecule has 2 aliphatic rings. The maximum atomic E-state index is 13.6. The van der Waals surface area contributed by atoms with Crippen molar-refractivity contribution in [2.75, 3.05) is 26.7 Å². The zero-order chi connectivity index (χ0) is 27.2. The monoisotopic (exact) mass is 521 g/mol. The van der Waals surface area contributed by atoms with Gasteiger partial charge < -0.3 is 19.6 Å². The van der Waals surface area contributed by atoms with Gasteiger partial charge in [-0.1, -0.05) is 44.1 Å². The van der Waals surface area contributed by atoms with Crippen molar-refractivity contribution in [3.05, 3.63) is 59.0 Å². The number of rotatable bonds is 5. The van der Waals surface area contributed by atoms with E-state index in [9.17, 15) is 19.1 Å². The lowest BCUT2D eigenvalue weighted by Crippen LogP contribution is -2.51. The molecule has 2 heterocycles. The average Bonchev–Trinajstić information content (AvgIpc) is 2.93. The maximum absolute atomic E-state index is 13.6. The first-order valence-corrected chi connectivity index (χ1v) is 13.4. The summed E-state index contributed by atoms with van der Waals surface area (Å²) in [5.41, 5.74) is 1.24. The lowest BCUT2D eigenvalue weighted by Gasteiger charge is -2.38. The molecule has 2 aromatic rings. The second-order valence-corrected chi connectivity index (χ2v) is 10.5.